The van der Waals surface area contributed by atoms with Crippen LogP contribution in [-0.2, 0) is 13.2 Å². The zero-order valence-corrected chi connectivity index (χ0v) is 18.2. The molecule has 0 saturated carbocycles. The van der Waals surface area contributed by atoms with E-state index in [4.69, 9.17) is 21.1 Å². The van der Waals surface area contributed by atoms with Gasteiger partial charge >= 0.3 is 0 Å². The minimum absolute atomic E-state index is 0.276. The molecule has 2 heterocycles. The number of carbonyl (C=O) groups is 1. The van der Waals surface area contributed by atoms with E-state index in [0.29, 0.717) is 41.1 Å². The van der Waals surface area contributed by atoms with E-state index in [1.165, 1.54) is 18.4 Å². The quantitative estimate of drug-likeness (QED) is 0.410. The van der Waals surface area contributed by atoms with Gasteiger partial charge in [-0.05, 0) is 35.9 Å². The van der Waals surface area contributed by atoms with Gasteiger partial charge in [0.1, 0.15) is 12.4 Å². The van der Waals surface area contributed by atoms with E-state index in [-0.39, 0.29) is 5.91 Å². The predicted octanol–water partition coefficient (Wildman–Crippen LogP) is 4.88. The number of anilines is 1. The first-order chi connectivity index (χ1) is 15.1. The maximum atomic E-state index is 12.8. The average molecular weight is 455 g/mol. The Bertz CT molecular complexity index is 1160. The van der Waals surface area contributed by atoms with Crippen LogP contribution in [0.4, 0.5) is 5.82 Å². The molecule has 0 aliphatic heterocycles. The number of nitrogens with zero attached hydrogens (tertiary/aromatic N) is 3. The molecule has 1 N–H and O–H groups in total. The fourth-order valence-electron chi connectivity index (χ4n) is 2.90. The summed E-state index contributed by atoms with van der Waals surface area (Å²) in [5.41, 5.74) is 4.05. The smallest absolute Gasteiger partial charge is 0.256 e. The Hall–Kier alpha value is -3.36. The lowest BCUT2D eigenvalue weighted by Crippen LogP contribution is -2.16. The summed E-state index contributed by atoms with van der Waals surface area (Å²) in [5, 5.41) is 9.78. The molecule has 1 amide bonds. The summed E-state index contributed by atoms with van der Waals surface area (Å²) in [4.78, 5) is 17.0. The lowest BCUT2D eigenvalue weighted by atomic mass is 10.2. The van der Waals surface area contributed by atoms with Crippen LogP contribution >= 0.6 is 22.9 Å². The zero-order chi connectivity index (χ0) is 21.6. The summed E-state index contributed by atoms with van der Waals surface area (Å²) in [5.74, 6) is 1.32. The van der Waals surface area contributed by atoms with E-state index >= 15 is 0 Å². The lowest BCUT2D eigenvalue weighted by Gasteiger charge is -2.12. The van der Waals surface area contributed by atoms with Crippen molar-refractivity contribution in [1.29, 1.82) is 0 Å². The van der Waals surface area contributed by atoms with E-state index in [9.17, 15) is 4.79 Å². The normalized spacial score (nSPS) is 10.6. The number of thiazole rings is 1. The highest BCUT2D eigenvalue weighted by Gasteiger charge is 2.14. The van der Waals surface area contributed by atoms with E-state index in [1.54, 1.807) is 40.7 Å². The van der Waals surface area contributed by atoms with Gasteiger partial charge in [-0.15, -0.1) is 11.3 Å². The number of carbonyl (C=O) groups excluding carboxylic acids is 1. The van der Waals surface area contributed by atoms with Crippen molar-refractivity contribution in [3.63, 3.8) is 0 Å². The van der Waals surface area contributed by atoms with Gasteiger partial charge in [-0.3, -0.25) is 4.79 Å². The number of hydrogen-bond acceptors (Lipinski definition) is 6. The molecule has 0 spiro atoms. The molecular formula is C22H19ClN4O3S. The van der Waals surface area contributed by atoms with E-state index in [2.05, 4.69) is 15.4 Å². The molecule has 0 saturated heterocycles. The van der Waals surface area contributed by atoms with Gasteiger partial charge in [0.05, 0.1) is 31.1 Å². The zero-order valence-electron chi connectivity index (χ0n) is 16.6. The van der Waals surface area contributed by atoms with Crippen molar-refractivity contribution in [3.8, 4) is 11.5 Å². The summed E-state index contributed by atoms with van der Waals surface area (Å²) in [7, 11) is 1.54. The molecule has 4 aromatic rings. The third-order valence-electron chi connectivity index (χ3n) is 4.49. The fraction of sp³-hybridized carbons (Fsp3) is 0.136. The molecule has 0 unspecified atom stereocenters. The van der Waals surface area contributed by atoms with Crippen molar-refractivity contribution in [3.05, 3.63) is 87.5 Å². The van der Waals surface area contributed by atoms with Crippen molar-refractivity contribution in [2.75, 3.05) is 12.4 Å². The number of methoxy groups -OCH3 is 1. The highest BCUT2D eigenvalue weighted by atomic mass is 35.5. The highest BCUT2D eigenvalue weighted by molar-refractivity contribution is 7.07. The van der Waals surface area contributed by atoms with Crippen LogP contribution in [0.1, 0.15) is 21.6 Å². The number of hydrogen-bond donors (Lipinski definition) is 1. The molecule has 0 bridgehead atoms. The molecule has 0 fully saturated rings. The van der Waals surface area contributed by atoms with Gasteiger partial charge in [0.15, 0.2) is 11.5 Å². The molecule has 31 heavy (non-hydrogen) atoms. The first-order valence-electron chi connectivity index (χ1n) is 9.38. The molecule has 0 radical (unpaired) electrons. The van der Waals surface area contributed by atoms with E-state index in [1.807, 2.05) is 29.6 Å². The third kappa shape index (κ3) is 5.22. The molecule has 9 heteroatoms. The maximum absolute atomic E-state index is 12.8. The average Bonchev–Trinajstić information content (AvgIpc) is 3.46. The van der Waals surface area contributed by atoms with Crippen LogP contribution in [0.2, 0.25) is 5.02 Å². The Labute approximate surface area is 188 Å². The van der Waals surface area contributed by atoms with Gasteiger partial charge in [-0.25, -0.2) is 9.67 Å². The van der Waals surface area contributed by atoms with Gasteiger partial charge in [-0.1, -0.05) is 23.7 Å². The Balaban J connectivity index is 1.45. The van der Waals surface area contributed by atoms with Gasteiger partial charge in [-0.2, -0.15) is 5.10 Å². The minimum Gasteiger partial charge on any atom is -0.493 e. The monoisotopic (exact) mass is 454 g/mol. The molecule has 2 aromatic carbocycles. The summed E-state index contributed by atoms with van der Waals surface area (Å²) in [6.45, 7) is 0.835. The number of halogens is 1. The van der Waals surface area contributed by atoms with E-state index in [0.717, 1.165) is 11.3 Å². The molecule has 0 atom stereocenters. The molecular weight excluding hydrogens is 436 g/mol. The Morgan fingerprint density at radius 3 is 2.74 bits per heavy atom. The topological polar surface area (TPSA) is 78.3 Å². The van der Waals surface area contributed by atoms with Crippen LogP contribution < -0.4 is 14.8 Å². The standard InChI is InChI=1S/C22H19ClN4O3S/c1-29-20-10-16(4-7-19(20)30-12-18-13-31-14-24-18)22(28)26-21-8-9-25-27(21)11-15-2-5-17(23)6-3-15/h2-10,13-14H,11-12H2,1H3,(H,26,28). The summed E-state index contributed by atoms with van der Waals surface area (Å²) in [6.07, 6.45) is 1.64. The first-order valence-corrected chi connectivity index (χ1v) is 10.7. The Morgan fingerprint density at radius 2 is 2.00 bits per heavy atom. The second kappa shape index (κ2) is 9.63. The number of rotatable bonds is 8. The van der Waals surface area contributed by atoms with Crippen LogP contribution in [0.15, 0.2) is 65.6 Å². The number of ether oxygens (including phenoxy) is 2. The number of aromatic nitrogens is 3. The number of amides is 1. The molecule has 4 rings (SSSR count). The molecule has 7 nitrogen and oxygen atoms in total. The Kier molecular flexibility index (Phi) is 6.49. The van der Waals surface area contributed by atoms with E-state index < -0.39 is 0 Å². The minimum atomic E-state index is -0.276. The maximum Gasteiger partial charge on any atom is 0.256 e. The van der Waals surface area contributed by atoms with Crippen molar-refractivity contribution in [1.82, 2.24) is 14.8 Å². The predicted molar refractivity (Wildman–Crippen MR) is 120 cm³/mol. The second-order valence-electron chi connectivity index (χ2n) is 6.59. The van der Waals surface area contributed by atoms with Crippen LogP contribution in [0, 0.1) is 0 Å². The number of benzene rings is 2. The summed E-state index contributed by atoms with van der Waals surface area (Å²) < 4.78 is 12.9. The van der Waals surface area contributed by atoms with Crippen molar-refractivity contribution in [2.24, 2.45) is 0 Å². The third-order valence-corrected chi connectivity index (χ3v) is 5.38. The fourth-order valence-corrected chi connectivity index (χ4v) is 3.57. The van der Waals surface area contributed by atoms with Crippen LogP contribution in [-0.4, -0.2) is 27.8 Å². The van der Waals surface area contributed by atoms with Crippen molar-refractivity contribution in [2.45, 2.75) is 13.2 Å². The van der Waals surface area contributed by atoms with Crippen LogP contribution in [0.5, 0.6) is 11.5 Å². The number of nitrogens with one attached hydrogen (secondary N) is 1. The molecule has 0 aliphatic rings. The summed E-state index contributed by atoms with van der Waals surface area (Å²) >= 11 is 7.45. The van der Waals surface area contributed by atoms with Gasteiger partial charge in [0.2, 0.25) is 0 Å². The van der Waals surface area contributed by atoms with Gasteiger partial charge < -0.3 is 14.8 Å². The molecule has 2 aromatic heterocycles. The Morgan fingerprint density at radius 1 is 1.16 bits per heavy atom. The molecule has 0 aliphatic carbocycles. The lowest BCUT2D eigenvalue weighted by molar-refractivity contribution is 0.102. The highest BCUT2D eigenvalue weighted by Crippen LogP contribution is 2.29. The van der Waals surface area contributed by atoms with Crippen molar-refractivity contribution < 1.29 is 14.3 Å². The second-order valence-corrected chi connectivity index (χ2v) is 7.74. The first kappa shape index (κ1) is 20.9. The molecule has 158 valence electrons. The van der Waals surface area contributed by atoms with Crippen LogP contribution in [0.25, 0.3) is 0 Å². The van der Waals surface area contributed by atoms with Crippen molar-refractivity contribution >= 4 is 34.7 Å². The summed E-state index contributed by atoms with van der Waals surface area (Å²) in [6, 6.07) is 14.3. The largest absolute Gasteiger partial charge is 0.493 e. The van der Waals surface area contributed by atoms with Gasteiger partial charge in [0.25, 0.3) is 5.91 Å². The van der Waals surface area contributed by atoms with Crippen LogP contribution in [0.3, 0.4) is 0 Å². The SMILES string of the molecule is COc1cc(C(=O)Nc2ccnn2Cc2ccc(Cl)cc2)ccc1OCc1cscn1. The van der Waals surface area contributed by atoms with Gasteiger partial charge in [0, 0.05) is 22.0 Å².